The van der Waals surface area contributed by atoms with E-state index in [0.717, 1.165) is 17.2 Å². The smallest absolute Gasteiger partial charge is 0.287 e. The molecule has 0 saturated heterocycles. The van der Waals surface area contributed by atoms with Gasteiger partial charge >= 0.3 is 0 Å². The quantitative estimate of drug-likeness (QED) is 0.484. The van der Waals surface area contributed by atoms with Crippen LogP contribution in [0.25, 0.3) is 6.08 Å². The maximum absolute atomic E-state index is 10.3. The van der Waals surface area contributed by atoms with Crippen molar-refractivity contribution in [1.82, 2.24) is 0 Å². The minimum absolute atomic E-state index is 0.732. The zero-order chi connectivity index (χ0) is 13.7. The molecule has 0 aromatic heterocycles. The first-order valence-electron chi connectivity index (χ1n) is 4.45. The van der Waals surface area contributed by atoms with E-state index in [1.54, 1.807) is 24.3 Å². The van der Waals surface area contributed by atoms with Crippen LogP contribution < -0.4 is 0 Å². The van der Waals surface area contributed by atoms with Gasteiger partial charge in [-0.25, -0.2) is 0 Å². The molecular formula is C12H16O4S. The van der Waals surface area contributed by atoms with Gasteiger partial charge in [0.1, 0.15) is 0 Å². The Hall–Kier alpha value is -1.85. The predicted octanol–water partition coefficient (Wildman–Crippen LogP) is 3.04. The second kappa shape index (κ2) is 10.7. The van der Waals surface area contributed by atoms with Crippen molar-refractivity contribution >= 4 is 16.2 Å². The monoisotopic (exact) mass is 256 g/mol. The molecule has 0 aliphatic carbocycles. The van der Waals surface area contributed by atoms with E-state index in [4.69, 9.17) is 9.66 Å². The van der Waals surface area contributed by atoms with Gasteiger partial charge in [-0.2, -0.15) is 8.42 Å². The standard InChI is InChI=1S/C8H8O3S.C2H4O.C2H4/c9-12(10,11)7-6-8-4-2-1-3-5-8;1-2-3;1-2/h1-7H,(H,9,10,11);2-3H,1H2;1-2H2. The SMILES string of the molecule is C=C.C=CO.O=S(=O)(O)C=Cc1ccccc1. The van der Waals surface area contributed by atoms with Crippen LogP contribution in [0.4, 0.5) is 0 Å². The number of benzene rings is 1. The highest BCUT2D eigenvalue weighted by Crippen LogP contribution is 2.01. The lowest BCUT2D eigenvalue weighted by atomic mass is 10.2. The van der Waals surface area contributed by atoms with Crippen LogP contribution in [0.1, 0.15) is 5.56 Å². The van der Waals surface area contributed by atoms with Crippen LogP contribution in [0.15, 0.2) is 61.7 Å². The normalized spacial score (nSPS) is 9.47. The minimum atomic E-state index is -4.00. The molecule has 1 aromatic rings. The Bertz CT molecular complexity index is 421. The molecule has 0 aliphatic heterocycles. The lowest BCUT2D eigenvalue weighted by Crippen LogP contribution is -1.88. The molecule has 0 atom stereocenters. The van der Waals surface area contributed by atoms with Crippen LogP contribution in [-0.4, -0.2) is 18.1 Å². The summed E-state index contributed by atoms with van der Waals surface area (Å²) in [7, 11) is -4.00. The van der Waals surface area contributed by atoms with E-state index < -0.39 is 10.1 Å². The van der Waals surface area contributed by atoms with E-state index in [-0.39, 0.29) is 0 Å². The first-order valence-corrected chi connectivity index (χ1v) is 5.95. The Labute approximate surface area is 102 Å². The molecule has 0 heterocycles. The Morgan fingerprint density at radius 1 is 1.12 bits per heavy atom. The topological polar surface area (TPSA) is 74.6 Å². The molecule has 4 nitrogen and oxygen atoms in total. The summed E-state index contributed by atoms with van der Waals surface area (Å²) in [5.41, 5.74) is 0.732. The van der Waals surface area contributed by atoms with Crippen molar-refractivity contribution in [2.24, 2.45) is 0 Å². The Balaban J connectivity index is 0. The molecule has 0 aliphatic rings. The number of aliphatic hydroxyl groups excluding tert-OH is 1. The third-order valence-electron chi connectivity index (χ3n) is 1.23. The molecule has 0 spiro atoms. The van der Waals surface area contributed by atoms with Gasteiger partial charge in [-0.1, -0.05) is 36.9 Å². The molecule has 1 aromatic carbocycles. The lowest BCUT2D eigenvalue weighted by Gasteiger charge is -1.89. The van der Waals surface area contributed by atoms with Gasteiger partial charge in [0.2, 0.25) is 0 Å². The largest absolute Gasteiger partial charge is 0.516 e. The average molecular weight is 256 g/mol. The van der Waals surface area contributed by atoms with Crippen LogP contribution >= 0.6 is 0 Å². The summed E-state index contributed by atoms with van der Waals surface area (Å²) in [4.78, 5) is 0. The first-order chi connectivity index (χ1) is 7.99. The molecule has 0 radical (unpaired) electrons. The predicted molar refractivity (Wildman–Crippen MR) is 71.1 cm³/mol. The number of hydrogen-bond donors (Lipinski definition) is 2. The van der Waals surface area contributed by atoms with Crippen molar-refractivity contribution in [2.75, 3.05) is 0 Å². The highest BCUT2D eigenvalue weighted by atomic mass is 32.2. The van der Waals surface area contributed by atoms with Gasteiger partial charge in [0.25, 0.3) is 10.1 Å². The number of aliphatic hydroxyl groups is 1. The Kier molecular flexibility index (Phi) is 11.0. The number of rotatable bonds is 2. The second-order valence-corrected chi connectivity index (χ2v) is 3.71. The maximum atomic E-state index is 10.3. The van der Waals surface area contributed by atoms with E-state index in [2.05, 4.69) is 19.7 Å². The number of hydrogen-bond acceptors (Lipinski definition) is 3. The van der Waals surface area contributed by atoms with E-state index in [1.165, 1.54) is 6.08 Å². The molecule has 2 N–H and O–H groups in total. The van der Waals surface area contributed by atoms with E-state index in [9.17, 15) is 8.42 Å². The Morgan fingerprint density at radius 2 is 1.53 bits per heavy atom. The lowest BCUT2D eigenvalue weighted by molar-refractivity contribution is 0.476. The van der Waals surface area contributed by atoms with E-state index in [0.29, 0.717) is 0 Å². The highest BCUT2D eigenvalue weighted by Gasteiger charge is 1.94. The summed E-state index contributed by atoms with van der Waals surface area (Å²) in [6.07, 6.45) is 2.08. The molecule has 0 bridgehead atoms. The summed E-state index contributed by atoms with van der Waals surface area (Å²) < 4.78 is 28.9. The van der Waals surface area contributed by atoms with Crippen LogP contribution in [0.3, 0.4) is 0 Å². The van der Waals surface area contributed by atoms with Crippen LogP contribution in [0, 0.1) is 0 Å². The fraction of sp³-hybridized carbons (Fsp3) is 0. The van der Waals surface area contributed by atoms with Gasteiger partial charge in [0.15, 0.2) is 0 Å². The molecule has 94 valence electrons. The highest BCUT2D eigenvalue weighted by molar-refractivity contribution is 7.88. The van der Waals surface area contributed by atoms with Crippen LogP contribution in [0.5, 0.6) is 0 Å². The second-order valence-electron chi connectivity index (χ2n) is 2.41. The molecule has 0 unspecified atom stereocenters. The van der Waals surface area contributed by atoms with Crippen molar-refractivity contribution in [3.8, 4) is 0 Å². The van der Waals surface area contributed by atoms with Crippen molar-refractivity contribution < 1.29 is 18.1 Å². The van der Waals surface area contributed by atoms with Gasteiger partial charge in [-0.3, -0.25) is 4.55 Å². The van der Waals surface area contributed by atoms with Gasteiger partial charge in [0, 0.05) is 0 Å². The summed E-state index contributed by atoms with van der Waals surface area (Å²) in [5, 5.41) is 8.09. The third-order valence-corrected chi connectivity index (χ3v) is 1.71. The van der Waals surface area contributed by atoms with Gasteiger partial charge < -0.3 is 5.11 Å². The third kappa shape index (κ3) is 14.2. The van der Waals surface area contributed by atoms with E-state index >= 15 is 0 Å². The molecule has 17 heavy (non-hydrogen) atoms. The Morgan fingerprint density at radius 3 is 1.88 bits per heavy atom. The van der Waals surface area contributed by atoms with Crippen LogP contribution in [-0.2, 0) is 10.1 Å². The fourth-order valence-corrected chi connectivity index (χ4v) is 1.06. The summed E-state index contributed by atoms with van der Waals surface area (Å²) in [6.45, 7) is 8.92. The molecule has 5 heteroatoms. The molecule has 0 fully saturated rings. The first kappa shape index (κ1) is 17.5. The van der Waals surface area contributed by atoms with Gasteiger partial charge in [-0.15, -0.1) is 13.2 Å². The van der Waals surface area contributed by atoms with Crippen LogP contribution in [0.2, 0.25) is 0 Å². The summed E-state index contributed by atoms with van der Waals surface area (Å²) in [6, 6.07) is 8.86. The molecule has 1 rings (SSSR count). The molecular weight excluding hydrogens is 240 g/mol. The van der Waals surface area contributed by atoms with E-state index in [1.807, 2.05) is 6.07 Å². The van der Waals surface area contributed by atoms with Crippen molar-refractivity contribution in [1.29, 1.82) is 0 Å². The molecule has 0 saturated carbocycles. The summed E-state index contributed by atoms with van der Waals surface area (Å²) in [5.74, 6) is 0. The minimum Gasteiger partial charge on any atom is -0.516 e. The van der Waals surface area contributed by atoms with Gasteiger partial charge in [-0.05, 0) is 11.6 Å². The average Bonchev–Trinajstić information content (AvgIpc) is 2.31. The fourth-order valence-electron chi connectivity index (χ4n) is 0.729. The van der Waals surface area contributed by atoms with Gasteiger partial charge in [0.05, 0.1) is 11.7 Å². The zero-order valence-corrected chi connectivity index (χ0v) is 10.2. The molecule has 0 amide bonds. The summed E-state index contributed by atoms with van der Waals surface area (Å²) >= 11 is 0. The van der Waals surface area contributed by atoms with Crippen molar-refractivity contribution in [3.63, 3.8) is 0 Å². The maximum Gasteiger partial charge on any atom is 0.287 e. The van der Waals surface area contributed by atoms with Crippen molar-refractivity contribution in [3.05, 3.63) is 67.3 Å². The van der Waals surface area contributed by atoms with Crippen molar-refractivity contribution in [2.45, 2.75) is 0 Å². The zero-order valence-electron chi connectivity index (χ0n) is 9.36.